The van der Waals surface area contributed by atoms with Gasteiger partial charge in [-0.05, 0) is 55.4 Å². The van der Waals surface area contributed by atoms with E-state index in [4.69, 9.17) is 4.74 Å². The van der Waals surface area contributed by atoms with Gasteiger partial charge in [0, 0.05) is 4.47 Å². The predicted octanol–water partition coefficient (Wildman–Crippen LogP) is 5.51. The highest BCUT2D eigenvalue weighted by atomic mass is 79.9. The van der Waals surface area contributed by atoms with Crippen molar-refractivity contribution >= 4 is 21.7 Å². The third kappa shape index (κ3) is 2.83. The molecule has 1 aliphatic heterocycles. The van der Waals surface area contributed by atoms with Crippen LogP contribution in [0.25, 0.3) is 0 Å². The van der Waals surface area contributed by atoms with E-state index >= 15 is 0 Å². The summed E-state index contributed by atoms with van der Waals surface area (Å²) < 4.78 is 7.32. The molecule has 0 radical (unpaired) electrons. The molecule has 1 fully saturated rings. The van der Waals surface area contributed by atoms with E-state index in [1.807, 2.05) is 18.2 Å². The highest BCUT2D eigenvalue weighted by Crippen LogP contribution is 2.46. The summed E-state index contributed by atoms with van der Waals surface area (Å²) in [6.07, 6.45) is 4.69. The molecule has 0 N–H and O–H groups in total. The fourth-order valence-electron chi connectivity index (χ4n) is 4.05. The highest BCUT2D eigenvalue weighted by molar-refractivity contribution is 9.10. The minimum Gasteiger partial charge on any atom is -0.486 e. The lowest BCUT2D eigenvalue weighted by Crippen LogP contribution is -2.45. The van der Waals surface area contributed by atoms with Gasteiger partial charge in [-0.1, -0.05) is 46.3 Å². The summed E-state index contributed by atoms with van der Waals surface area (Å²) in [6.45, 7) is 0. The van der Waals surface area contributed by atoms with Crippen molar-refractivity contribution in [3.05, 3.63) is 64.1 Å². The highest BCUT2D eigenvalue weighted by Gasteiger charge is 2.44. The second-order valence-electron chi connectivity index (χ2n) is 6.73. The van der Waals surface area contributed by atoms with Crippen LogP contribution in [-0.2, 0) is 0 Å². The van der Waals surface area contributed by atoms with Crippen molar-refractivity contribution < 1.29 is 9.53 Å². The first-order valence-electron chi connectivity index (χ1n) is 8.22. The number of Topliss-reactive ketones (excluding diaryl/α,β-unsaturated/α-hetero) is 1. The van der Waals surface area contributed by atoms with Gasteiger partial charge in [0.25, 0.3) is 0 Å². The van der Waals surface area contributed by atoms with Crippen LogP contribution in [0.2, 0.25) is 0 Å². The molecule has 1 heterocycles. The van der Waals surface area contributed by atoms with E-state index in [1.165, 1.54) is 12.0 Å². The summed E-state index contributed by atoms with van der Waals surface area (Å²) in [4.78, 5) is 12.7. The molecular formula is C20H19BrO2. The molecule has 2 aromatic carbocycles. The first-order valence-corrected chi connectivity index (χ1v) is 9.01. The monoisotopic (exact) mass is 370 g/mol. The molecule has 2 atom stereocenters. The van der Waals surface area contributed by atoms with Crippen molar-refractivity contribution in [2.45, 2.75) is 43.6 Å². The van der Waals surface area contributed by atoms with Crippen LogP contribution < -0.4 is 4.74 Å². The third-order valence-electron chi connectivity index (χ3n) is 5.13. The normalized spacial score (nSPS) is 26.7. The van der Waals surface area contributed by atoms with E-state index in [-0.39, 0.29) is 11.4 Å². The Kier molecular flexibility index (Phi) is 3.76. The number of hydrogen-bond donors (Lipinski definition) is 0. The average molecular weight is 371 g/mol. The number of carbonyl (C=O) groups is 1. The summed E-state index contributed by atoms with van der Waals surface area (Å²) in [5.41, 5.74) is 1.76. The lowest BCUT2D eigenvalue weighted by molar-refractivity contribution is 0.00723. The van der Waals surface area contributed by atoms with Gasteiger partial charge in [0.15, 0.2) is 5.78 Å². The molecule has 2 aromatic rings. The summed E-state index contributed by atoms with van der Waals surface area (Å²) in [6, 6.07) is 16.4. The topological polar surface area (TPSA) is 26.3 Å². The molecule has 0 aromatic heterocycles. The lowest BCUT2D eigenvalue weighted by Gasteiger charge is -2.43. The van der Waals surface area contributed by atoms with Crippen LogP contribution in [0.5, 0.6) is 5.75 Å². The van der Waals surface area contributed by atoms with Crippen LogP contribution in [0.15, 0.2) is 53.0 Å². The summed E-state index contributed by atoms with van der Waals surface area (Å²) in [5, 5.41) is 0. The molecule has 3 heteroatoms. The maximum atomic E-state index is 12.7. The van der Waals surface area contributed by atoms with Gasteiger partial charge >= 0.3 is 0 Å². The van der Waals surface area contributed by atoms with E-state index in [9.17, 15) is 4.79 Å². The number of ether oxygens (including phenoxy) is 1. The molecular weight excluding hydrogens is 352 g/mol. The number of halogens is 1. The van der Waals surface area contributed by atoms with Gasteiger partial charge in [-0.15, -0.1) is 0 Å². The lowest BCUT2D eigenvalue weighted by atomic mass is 9.71. The maximum Gasteiger partial charge on any atom is 0.170 e. The fraction of sp³-hybridized carbons (Fsp3) is 0.350. The average Bonchev–Trinajstić information content (AvgIpc) is 2.57. The van der Waals surface area contributed by atoms with Crippen molar-refractivity contribution in [3.8, 4) is 5.75 Å². The van der Waals surface area contributed by atoms with Gasteiger partial charge in [0.2, 0.25) is 0 Å². The molecule has 118 valence electrons. The second kappa shape index (κ2) is 5.79. The number of rotatable bonds is 1. The Morgan fingerprint density at radius 1 is 1.13 bits per heavy atom. The Bertz CT molecular complexity index is 741. The number of benzene rings is 2. The molecule has 2 nitrogen and oxygen atoms in total. The van der Waals surface area contributed by atoms with E-state index in [0.717, 1.165) is 29.5 Å². The van der Waals surface area contributed by atoms with Gasteiger partial charge in [-0.25, -0.2) is 0 Å². The van der Waals surface area contributed by atoms with Crippen LogP contribution in [0.4, 0.5) is 0 Å². The van der Waals surface area contributed by atoms with Crippen molar-refractivity contribution in [2.75, 3.05) is 0 Å². The molecule has 4 rings (SSSR count). The standard InChI is InChI=1S/C20H19BrO2/c21-16-8-9-19-17(11-16)18(22)13-20(23-19)10-4-7-15(12-20)14-5-2-1-3-6-14/h1-3,5-6,8-9,11,15H,4,7,10,12-13H2. The van der Waals surface area contributed by atoms with Crippen LogP contribution >= 0.6 is 15.9 Å². The van der Waals surface area contributed by atoms with Gasteiger partial charge in [-0.2, -0.15) is 0 Å². The smallest absolute Gasteiger partial charge is 0.170 e. The van der Waals surface area contributed by atoms with Gasteiger partial charge in [-0.3, -0.25) is 4.79 Å². The van der Waals surface area contributed by atoms with Crippen molar-refractivity contribution in [2.24, 2.45) is 0 Å². The predicted molar refractivity (Wildman–Crippen MR) is 94.1 cm³/mol. The van der Waals surface area contributed by atoms with Crippen LogP contribution in [-0.4, -0.2) is 11.4 Å². The quantitative estimate of drug-likeness (QED) is 0.661. The Hall–Kier alpha value is -1.61. The maximum absolute atomic E-state index is 12.7. The first kappa shape index (κ1) is 14.9. The van der Waals surface area contributed by atoms with Crippen molar-refractivity contribution in [3.63, 3.8) is 0 Å². The van der Waals surface area contributed by atoms with Gasteiger partial charge < -0.3 is 4.74 Å². The molecule has 2 aliphatic rings. The molecule has 1 saturated carbocycles. The number of carbonyl (C=O) groups excluding carboxylic acids is 1. The van der Waals surface area contributed by atoms with Crippen LogP contribution in [0, 0.1) is 0 Å². The molecule has 2 unspecified atom stereocenters. The zero-order valence-electron chi connectivity index (χ0n) is 12.9. The number of ketones is 1. The van der Waals surface area contributed by atoms with E-state index < -0.39 is 0 Å². The van der Waals surface area contributed by atoms with Gasteiger partial charge in [0.05, 0.1) is 12.0 Å². The van der Waals surface area contributed by atoms with Crippen molar-refractivity contribution in [1.29, 1.82) is 0 Å². The van der Waals surface area contributed by atoms with E-state index in [1.54, 1.807) is 0 Å². The Labute approximate surface area is 145 Å². The molecule has 1 aliphatic carbocycles. The van der Waals surface area contributed by atoms with Crippen molar-refractivity contribution in [1.82, 2.24) is 0 Å². The summed E-state index contributed by atoms with van der Waals surface area (Å²) in [5.74, 6) is 1.44. The Balaban J connectivity index is 1.64. The van der Waals surface area contributed by atoms with Crippen LogP contribution in [0.1, 0.15) is 53.9 Å². The minimum absolute atomic E-state index is 0.210. The fourth-order valence-corrected chi connectivity index (χ4v) is 4.41. The van der Waals surface area contributed by atoms with E-state index in [2.05, 4.69) is 46.3 Å². The van der Waals surface area contributed by atoms with Gasteiger partial charge in [0.1, 0.15) is 11.4 Å². The Morgan fingerprint density at radius 2 is 1.96 bits per heavy atom. The zero-order chi connectivity index (χ0) is 15.9. The number of hydrogen-bond acceptors (Lipinski definition) is 2. The summed E-state index contributed by atoms with van der Waals surface area (Å²) >= 11 is 3.44. The largest absolute Gasteiger partial charge is 0.486 e. The third-order valence-corrected chi connectivity index (χ3v) is 5.62. The summed E-state index contributed by atoms with van der Waals surface area (Å²) in [7, 11) is 0. The molecule has 23 heavy (non-hydrogen) atoms. The molecule has 1 spiro atoms. The molecule has 0 saturated heterocycles. The Morgan fingerprint density at radius 3 is 2.78 bits per heavy atom. The number of fused-ring (bicyclic) bond motifs is 1. The zero-order valence-corrected chi connectivity index (χ0v) is 14.5. The SMILES string of the molecule is O=C1CC2(CCCC(c3ccccc3)C2)Oc2ccc(Br)cc21. The second-order valence-corrected chi connectivity index (χ2v) is 7.65. The minimum atomic E-state index is -0.323. The molecule has 0 bridgehead atoms. The van der Waals surface area contributed by atoms with Crippen LogP contribution in [0.3, 0.4) is 0 Å². The van der Waals surface area contributed by atoms with E-state index in [0.29, 0.717) is 17.9 Å². The first-order chi connectivity index (χ1) is 11.2. The molecule has 0 amide bonds.